The molecule has 0 unspecified atom stereocenters. The Morgan fingerprint density at radius 1 is 1.22 bits per heavy atom. The maximum absolute atomic E-state index is 5.85. The number of ether oxygens (including phenoxy) is 2. The summed E-state index contributed by atoms with van der Waals surface area (Å²) in [7, 11) is 1.63. The number of hydrazone groups is 1. The van der Waals surface area contributed by atoms with Crippen molar-refractivity contribution in [3.8, 4) is 11.5 Å². The molecule has 2 rings (SSSR count). The second-order valence-electron chi connectivity index (χ2n) is 5.08. The number of rotatable bonds is 6. The van der Waals surface area contributed by atoms with E-state index in [2.05, 4.69) is 33.1 Å². The number of anilines is 1. The summed E-state index contributed by atoms with van der Waals surface area (Å²) in [5, 5.41) is 4.92. The van der Waals surface area contributed by atoms with Crippen molar-refractivity contribution in [2.24, 2.45) is 5.10 Å². The Hall–Kier alpha value is -1.47. The lowest BCUT2D eigenvalue weighted by Gasteiger charge is -2.15. The Bertz CT molecular complexity index is 688. The van der Waals surface area contributed by atoms with E-state index in [-0.39, 0.29) is 6.10 Å². The molecule has 0 bridgehead atoms. The van der Waals surface area contributed by atoms with Crippen molar-refractivity contribution in [1.82, 2.24) is 0 Å². The second kappa shape index (κ2) is 8.40. The summed E-state index contributed by atoms with van der Waals surface area (Å²) in [6, 6.07) is 11.2. The fourth-order valence-corrected chi connectivity index (χ4v) is 2.75. The minimum atomic E-state index is 0.0866. The van der Waals surface area contributed by atoms with Crippen molar-refractivity contribution >= 4 is 46.1 Å². The lowest BCUT2D eigenvalue weighted by molar-refractivity contribution is 0.228. The molecule has 1 N–H and O–H groups in total. The number of methoxy groups -OCH3 is 1. The first-order valence-electron chi connectivity index (χ1n) is 7.08. The van der Waals surface area contributed by atoms with Crippen molar-refractivity contribution in [2.75, 3.05) is 12.5 Å². The third kappa shape index (κ3) is 5.28. The molecule has 0 aliphatic heterocycles. The Balaban J connectivity index is 2.15. The molecule has 122 valence electrons. The third-order valence-corrected chi connectivity index (χ3v) is 3.91. The average molecular weight is 445 g/mol. The largest absolute Gasteiger partial charge is 0.493 e. The van der Waals surface area contributed by atoms with Gasteiger partial charge in [0.2, 0.25) is 0 Å². The predicted molar refractivity (Wildman–Crippen MR) is 104 cm³/mol. The SMILES string of the molecule is COc1cc(/C=N/Nc2ccc(Cl)cc2)cc(I)c1OC(C)C. The van der Waals surface area contributed by atoms with Crippen LogP contribution in [0.25, 0.3) is 0 Å². The van der Waals surface area contributed by atoms with Gasteiger partial charge >= 0.3 is 0 Å². The molecule has 0 aliphatic rings. The number of nitrogens with zero attached hydrogens (tertiary/aromatic N) is 1. The zero-order valence-corrected chi connectivity index (χ0v) is 16.1. The fraction of sp³-hybridized carbons (Fsp3) is 0.235. The van der Waals surface area contributed by atoms with Gasteiger partial charge in [0.1, 0.15) is 0 Å². The van der Waals surface area contributed by atoms with Crippen LogP contribution in [0, 0.1) is 3.57 Å². The predicted octanol–water partition coefficient (Wildman–Crippen LogP) is 5.19. The normalized spacial score (nSPS) is 11.0. The van der Waals surface area contributed by atoms with Crippen LogP contribution in [0.3, 0.4) is 0 Å². The molecule has 0 aromatic heterocycles. The quantitative estimate of drug-likeness (QED) is 0.379. The molecule has 6 heteroatoms. The van der Waals surface area contributed by atoms with E-state index in [1.54, 1.807) is 13.3 Å². The van der Waals surface area contributed by atoms with Crippen LogP contribution in [0.5, 0.6) is 11.5 Å². The Labute approximate surface area is 155 Å². The van der Waals surface area contributed by atoms with Crippen molar-refractivity contribution < 1.29 is 9.47 Å². The zero-order valence-electron chi connectivity index (χ0n) is 13.1. The van der Waals surface area contributed by atoms with Gasteiger partial charge in [0.25, 0.3) is 0 Å². The van der Waals surface area contributed by atoms with Crippen molar-refractivity contribution in [1.29, 1.82) is 0 Å². The van der Waals surface area contributed by atoms with Crippen LogP contribution in [-0.4, -0.2) is 19.4 Å². The van der Waals surface area contributed by atoms with Crippen molar-refractivity contribution in [3.63, 3.8) is 0 Å². The Morgan fingerprint density at radius 2 is 1.91 bits per heavy atom. The Kier molecular flexibility index (Phi) is 6.53. The van der Waals surface area contributed by atoms with Crippen LogP contribution in [0.15, 0.2) is 41.5 Å². The second-order valence-corrected chi connectivity index (χ2v) is 6.68. The first kappa shape index (κ1) is 17.9. The molecule has 4 nitrogen and oxygen atoms in total. The molecule has 0 saturated carbocycles. The van der Waals surface area contributed by atoms with Crippen LogP contribution >= 0.6 is 34.2 Å². The molecular weight excluding hydrogens is 427 g/mol. The highest BCUT2D eigenvalue weighted by molar-refractivity contribution is 14.1. The number of hydrogen-bond donors (Lipinski definition) is 1. The minimum Gasteiger partial charge on any atom is -0.493 e. The lowest BCUT2D eigenvalue weighted by Crippen LogP contribution is -2.08. The summed E-state index contributed by atoms with van der Waals surface area (Å²) in [4.78, 5) is 0. The van der Waals surface area contributed by atoms with Gasteiger partial charge in [0, 0.05) is 5.02 Å². The highest BCUT2D eigenvalue weighted by Crippen LogP contribution is 2.34. The van der Waals surface area contributed by atoms with Gasteiger partial charge in [-0.1, -0.05) is 11.6 Å². The average Bonchev–Trinajstić information content (AvgIpc) is 2.51. The van der Waals surface area contributed by atoms with E-state index in [9.17, 15) is 0 Å². The molecular formula is C17H18ClIN2O2. The van der Waals surface area contributed by atoms with E-state index in [0.717, 1.165) is 20.6 Å². The van der Waals surface area contributed by atoms with Gasteiger partial charge in [-0.15, -0.1) is 0 Å². The van der Waals surface area contributed by atoms with Crippen LogP contribution in [0.4, 0.5) is 5.69 Å². The van der Waals surface area contributed by atoms with Gasteiger partial charge in [-0.05, 0) is 78.4 Å². The molecule has 23 heavy (non-hydrogen) atoms. The maximum Gasteiger partial charge on any atom is 0.174 e. The van der Waals surface area contributed by atoms with Gasteiger partial charge in [-0.25, -0.2) is 0 Å². The molecule has 0 fully saturated rings. The molecule has 0 aliphatic carbocycles. The first-order chi connectivity index (χ1) is 11.0. The summed E-state index contributed by atoms with van der Waals surface area (Å²) < 4.78 is 12.2. The molecule has 0 amide bonds. The van der Waals surface area contributed by atoms with Gasteiger partial charge in [-0.3, -0.25) is 5.43 Å². The number of benzene rings is 2. The number of halogens is 2. The molecule has 0 atom stereocenters. The van der Waals surface area contributed by atoms with E-state index >= 15 is 0 Å². The van der Waals surface area contributed by atoms with E-state index in [1.165, 1.54) is 0 Å². The number of hydrogen-bond acceptors (Lipinski definition) is 4. The molecule has 2 aromatic rings. The molecule has 0 radical (unpaired) electrons. The highest BCUT2D eigenvalue weighted by atomic mass is 127. The monoisotopic (exact) mass is 444 g/mol. The Morgan fingerprint density at radius 3 is 2.52 bits per heavy atom. The topological polar surface area (TPSA) is 42.8 Å². The molecule has 0 spiro atoms. The summed E-state index contributed by atoms with van der Waals surface area (Å²) >= 11 is 8.08. The van der Waals surface area contributed by atoms with Crippen LogP contribution < -0.4 is 14.9 Å². The van der Waals surface area contributed by atoms with E-state index < -0.39 is 0 Å². The smallest absolute Gasteiger partial charge is 0.174 e. The zero-order chi connectivity index (χ0) is 16.8. The summed E-state index contributed by atoms with van der Waals surface area (Å²) in [5.41, 5.74) is 4.75. The summed E-state index contributed by atoms with van der Waals surface area (Å²) in [5.74, 6) is 1.45. The van der Waals surface area contributed by atoms with Crippen molar-refractivity contribution in [3.05, 3.63) is 50.6 Å². The van der Waals surface area contributed by atoms with Crippen LogP contribution in [-0.2, 0) is 0 Å². The highest BCUT2D eigenvalue weighted by Gasteiger charge is 2.12. The lowest BCUT2D eigenvalue weighted by atomic mass is 10.2. The maximum atomic E-state index is 5.85. The summed E-state index contributed by atoms with van der Waals surface area (Å²) in [6.07, 6.45) is 1.82. The van der Waals surface area contributed by atoms with Gasteiger partial charge in [0.05, 0.1) is 28.7 Å². The van der Waals surface area contributed by atoms with Gasteiger partial charge in [-0.2, -0.15) is 5.10 Å². The molecule has 0 heterocycles. The summed E-state index contributed by atoms with van der Waals surface area (Å²) in [6.45, 7) is 3.97. The van der Waals surface area contributed by atoms with Gasteiger partial charge < -0.3 is 9.47 Å². The van der Waals surface area contributed by atoms with E-state index in [1.807, 2.05) is 50.2 Å². The third-order valence-electron chi connectivity index (χ3n) is 2.86. The van der Waals surface area contributed by atoms with Gasteiger partial charge in [0.15, 0.2) is 11.5 Å². The fourth-order valence-electron chi connectivity index (χ4n) is 1.87. The molecule has 0 saturated heterocycles. The van der Waals surface area contributed by atoms with E-state index in [4.69, 9.17) is 21.1 Å². The first-order valence-corrected chi connectivity index (χ1v) is 8.54. The van der Waals surface area contributed by atoms with E-state index in [0.29, 0.717) is 10.8 Å². The molecule has 2 aromatic carbocycles. The standard InChI is InChI=1S/C17H18ClIN2O2/c1-11(2)23-17-15(19)8-12(9-16(17)22-3)10-20-21-14-6-4-13(18)5-7-14/h4-11,21H,1-3H3/b20-10+. The van der Waals surface area contributed by atoms with Crippen LogP contribution in [0.2, 0.25) is 5.02 Å². The van der Waals surface area contributed by atoms with Crippen LogP contribution in [0.1, 0.15) is 19.4 Å². The minimum absolute atomic E-state index is 0.0866. The number of nitrogens with one attached hydrogen (secondary N) is 1. The van der Waals surface area contributed by atoms with Crippen molar-refractivity contribution in [2.45, 2.75) is 20.0 Å².